The third kappa shape index (κ3) is 4.20. The third-order valence-electron chi connectivity index (χ3n) is 4.17. The van der Waals surface area contributed by atoms with Crippen LogP contribution in [0.25, 0.3) is 16.8 Å². The van der Waals surface area contributed by atoms with Crippen LogP contribution in [0, 0.1) is 30.6 Å². The van der Waals surface area contributed by atoms with Crippen molar-refractivity contribution in [2.75, 3.05) is 11.9 Å². The summed E-state index contributed by atoms with van der Waals surface area (Å²) in [4.78, 5) is 12.6. The lowest BCUT2D eigenvalue weighted by Crippen LogP contribution is -2.13. The van der Waals surface area contributed by atoms with Gasteiger partial charge in [-0.1, -0.05) is 48.4 Å². The molecule has 0 unspecified atom stereocenters. The van der Waals surface area contributed by atoms with Gasteiger partial charge in [0.25, 0.3) is 5.91 Å². The number of ether oxygens (including phenoxy) is 1. The maximum absolute atomic E-state index is 12.6. The van der Waals surface area contributed by atoms with Gasteiger partial charge < -0.3 is 10.1 Å². The second-order valence-corrected chi connectivity index (χ2v) is 6.18. The molecule has 0 saturated carbocycles. The molecule has 0 aliphatic carbocycles. The second-order valence-electron chi connectivity index (χ2n) is 6.18. The standard InChI is InChI=1S/C24H18N2O2/c1-3-13-28-23-12-11-18-8-4-5-10-21(18)22(23)15-19(16-25)24(27)26-20-9-6-7-17(2)14-20/h1,4-12,14-15H,13H2,2H3,(H,26,27)/b19-15+. The van der Waals surface area contributed by atoms with Crippen LogP contribution in [-0.4, -0.2) is 12.5 Å². The molecule has 3 rings (SSSR count). The van der Waals surface area contributed by atoms with Gasteiger partial charge >= 0.3 is 0 Å². The van der Waals surface area contributed by atoms with Crippen LogP contribution in [0.15, 0.2) is 66.2 Å². The van der Waals surface area contributed by atoms with Crippen LogP contribution in [0.1, 0.15) is 11.1 Å². The number of benzene rings is 3. The SMILES string of the molecule is C#CCOc1ccc2ccccc2c1/C=C(\C#N)C(=O)Nc1cccc(C)c1. The Morgan fingerprint density at radius 2 is 2.00 bits per heavy atom. The first-order valence-corrected chi connectivity index (χ1v) is 8.70. The lowest BCUT2D eigenvalue weighted by Gasteiger charge is -2.11. The molecule has 0 saturated heterocycles. The molecule has 28 heavy (non-hydrogen) atoms. The molecule has 1 N–H and O–H groups in total. The predicted molar refractivity (Wildman–Crippen MR) is 112 cm³/mol. The van der Waals surface area contributed by atoms with Gasteiger partial charge in [0.2, 0.25) is 0 Å². The minimum atomic E-state index is -0.482. The van der Waals surface area contributed by atoms with E-state index in [0.29, 0.717) is 17.0 Å². The number of amides is 1. The monoisotopic (exact) mass is 366 g/mol. The summed E-state index contributed by atoms with van der Waals surface area (Å²) < 4.78 is 5.63. The van der Waals surface area contributed by atoms with E-state index in [4.69, 9.17) is 11.2 Å². The number of hydrogen-bond acceptors (Lipinski definition) is 3. The van der Waals surface area contributed by atoms with Crippen LogP contribution in [-0.2, 0) is 4.79 Å². The maximum atomic E-state index is 12.6. The van der Waals surface area contributed by atoms with Gasteiger partial charge in [0.1, 0.15) is 24.0 Å². The average molecular weight is 366 g/mol. The Hall–Kier alpha value is -4.02. The fourth-order valence-corrected chi connectivity index (χ4v) is 2.88. The molecule has 0 heterocycles. The van der Waals surface area contributed by atoms with Gasteiger partial charge in [-0.05, 0) is 47.5 Å². The molecule has 1 amide bonds. The fourth-order valence-electron chi connectivity index (χ4n) is 2.88. The molecule has 3 aromatic carbocycles. The van der Waals surface area contributed by atoms with E-state index in [2.05, 4.69) is 11.2 Å². The number of hydrogen-bond donors (Lipinski definition) is 1. The number of aryl methyl sites for hydroxylation is 1. The second kappa shape index (κ2) is 8.58. The summed E-state index contributed by atoms with van der Waals surface area (Å²) in [5.41, 5.74) is 2.26. The minimum Gasteiger partial charge on any atom is -0.480 e. The zero-order chi connectivity index (χ0) is 19.9. The Morgan fingerprint density at radius 1 is 1.18 bits per heavy atom. The number of terminal acetylenes is 1. The van der Waals surface area contributed by atoms with E-state index in [1.54, 1.807) is 18.2 Å². The van der Waals surface area contributed by atoms with E-state index in [1.165, 1.54) is 0 Å². The fraction of sp³-hybridized carbons (Fsp3) is 0.0833. The molecule has 0 spiro atoms. The molecular weight excluding hydrogens is 348 g/mol. The number of carbonyl (C=O) groups is 1. The van der Waals surface area contributed by atoms with Crippen molar-refractivity contribution in [3.63, 3.8) is 0 Å². The normalized spacial score (nSPS) is 10.8. The molecule has 0 fully saturated rings. The van der Waals surface area contributed by atoms with Crippen molar-refractivity contribution in [2.45, 2.75) is 6.92 Å². The zero-order valence-electron chi connectivity index (χ0n) is 15.4. The first-order valence-electron chi connectivity index (χ1n) is 8.70. The van der Waals surface area contributed by atoms with Crippen molar-refractivity contribution >= 4 is 28.4 Å². The molecule has 0 atom stereocenters. The summed E-state index contributed by atoms with van der Waals surface area (Å²) in [7, 11) is 0. The quantitative estimate of drug-likeness (QED) is 0.404. The highest BCUT2D eigenvalue weighted by Gasteiger charge is 2.13. The Labute approximate surface area is 164 Å². The lowest BCUT2D eigenvalue weighted by molar-refractivity contribution is -0.112. The number of carbonyl (C=O) groups excluding carboxylic acids is 1. The van der Waals surface area contributed by atoms with Crippen molar-refractivity contribution in [3.8, 4) is 24.2 Å². The summed E-state index contributed by atoms with van der Waals surface area (Å²) in [6.07, 6.45) is 6.85. The summed E-state index contributed by atoms with van der Waals surface area (Å²) in [5.74, 6) is 2.47. The van der Waals surface area contributed by atoms with Crippen molar-refractivity contribution in [1.82, 2.24) is 0 Å². The first-order chi connectivity index (χ1) is 13.6. The number of anilines is 1. The van der Waals surface area contributed by atoms with Crippen LogP contribution < -0.4 is 10.1 Å². The summed E-state index contributed by atoms with van der Waals surface area (Å²) in [5, 5.41) is 14.2. The highest BCUT2D eigenvalue weighted by Crippen LogP contribution is 2.30. The van der Waals surface area contributed by atoms with Crippen molar-refractivity contribution < 1.29 is 9.53 Å². The molecule has 0 bridgehead atoms. The van der Waals surface area contributed by atoms with Crippen LogP contribution >= 0.6 is 0 Å². The van der Waals surface area contributed by atoms with Gasteiger partial charge in [0, 0.05) is 11.3 Å². The van der Waals surface area contributed by atoms with E-state index in [0.717, 1.165) is 16.3 Å². The molecule has 0 aliphatic rings. The Morgan fingerprint density at radius 3 is 2.75 bits per heavy atom. The molecule has 4 nitrogen and oxygen atoms in total. The van der Waals surface area contributed by atoms with E-state index < -0.39 is 5.91 Å². The molecule has 4 heteroatoms. The van der Waals surface area contributed by atoms with Crippen LogP contribution in [0.3, 0.4) is 0 Å². The highest BCUT2D eigenvalue weighted by molar-refractivity contribution is 6.11. The molecule has 0 aliphatic heterocycles. The van der Waals surface area contributed by atoms with Gasteiger partial charge in [0.15, 0.2) is 0 Å². The Bertz CT molecular complexity index is 1150. The van der Waals surface area contributed by atoms with Crippen LogP contribution in [0.4, 0.5) is 5.69 Å². The van der Waals surface area contributed by atoms with E-state index >= 15 is 0 Å². The maximum Gasteiger partial charge on any atom is 0.266 e. The predicted octanol–water partition coefficient (Wildman–Crippen LogP) is 4.71. The van der Waals surface area contributed by atoms with Gasteiger partial charge in [0.05, 0.1) is 0 Å². The zero-order valence-corrected chi connectivity index (χ0v) is 15.4. The number of nitriles is 1. The van der Waals surface area contributed by atoms with Gasteiger partial charge in [-0.2, -0.15) is 5.26 Å². The van der Waals surface area contributed by atoms with Gasteiger partial charge in [-0.25, -0.2) is 0 Å². The largest absolute Gasteiger partial charge is 0.480 e. The number of rotatable bonds is 5. The van der Waals surface area contributed by atoms with Crippen molar-refractivity contribution in [2.24, 2.45) is 0 Å². The first kappa shape index (κ1) is 18.8. The van der Waals surface area contributed by atoms with Gasteiger partial charge in [-0.3, -0.25) is 4.79 Å². The molecule has 0 aromatic heterocycles. The highest BCUT2D eigenvalue weighted by atomic mass is 16.5. The average Bonchev–Trinajstić information content (AvgIpc) is 2.70. The number of nitrogens with one attached hydrogen (secondary N) is 1. The van der Waals surface area contributed by atoms with E-state index in [1.807, 2.05) is 61.5 Å². The Balaban J connectivity index is 2.03. The molecular formula is C24H18N2O2. The lowest BCUT2D eigenvalue weighted by atomic mass is 10.0. The van der Waals surface area contributed by atoms with E-state index in [-0.39, 0.29) is 12.2 Å². The van der Waals surface area contributed by atoms with Gasteiger partial charge in [-0.15, -0.1) is 6.42 Å². The summed E-state index contributed by atoms with van der Waals surface area (Å²) in [6.45, 7) is 2.03. The topological polar surface area (TPSA) is 62.1 Å². The number of fused-ring (bicyclic) bond motifs is 1. The van der Waals surface area contributed by atoms with E-state index in [9.17, 15) is 10.1 Å². The van der Waals surface area contributed by atoms with Crippen LogP contribution in [0.5, 0.6) is 5.75 Å². The Kier molecular flexibility index (Phi) is 5.75. The smallest absolute Gasteiger partial charge is 0.266 e. The minimum absolute atomic E-state index is 0.0246. The summed E-state index contributed by atoms with van der Waals surface area (Å²) in [6, 6.07) is 20.8. The van der Waals surface area contributed by atoms with Crippen LogP contribution in [0.2, 0.25) is 0 Å². The van der Waals surface area contributed by atoms with Crippen molar-refractivity contribution in [3.05, 3.63) is 77.4 Å². The third-order valence-corrected chi connectivity index (χ3v) is 4.17. The molecule has 0 radical (unpaired) electrons. The summed E-state index contributed by atoms with van der Waals surface area (Å²) >= 11 is 0. The molecule has 3 aromatic rings. The molecule has 136 valence electrons. The van der Waals surface area contributed by atoms with Crippen molar-refractivity contribution in [1.29, 1.82) is 5.26 Å². The number of nitrogens with zero attached hydrogens (tertiary/aromatic N) is 1.